The Morgan fingerprint density at radius 2 is 0.683 bits per heavy atom. The second kappa shape index (κ2) is 9.58. The van der Waals surface area contributed by atoms with Crippen LogP contribution in [0.3, 0.4) is 0 Å². The summed E-state index contributed by atoms with van der Waals surface area (Å²) in [6.45, 7) is 5.77. The van der Waals surface area contributed by atoms with E-state index in [2.05, 4.69) is 0 Å². The van der Waals surface area contributed by atoms with E-state index in [1.54, 1.807) is 36.4 Å². The third-order valence-corrected chi connectivity index (χ3v) is 15.0. The average Bonchev–Trinajstić information content (AvgIpc) is 3.31. The molecular formula is C29H20F10Si2. The third-order valence-electron chi connectivity index (χ3n) is 8.01. The van der Waals surface area contributed by atoms with Crippen molar-refractivity contribution in [3.05, 3.63) is 106 Å². The first-order chi connectivity index (χ1) is 19.0. The zero-order chi connectivity index (χ0) is 30.3. The van der Waals surface area contributed by atoms with Gasteiger partial charge in [-0.1, -0.05) is 73.0 Å². The van der Waals surface area contributed by atoms with Gasteiger partial charge in [0.1, 0.15) is 16.1 Å². The summed E-state index contributed by atoms with van der Waals surface area (Å²) in [5.74, 6) is -20.4. The van der Waals surface area contributed by atoms with Crippen molar-refractivity contribution in [1.82, 2.24) is 0 Å². The van der Waals surface area contributed by atoms with Crippen molar-refractivity contribution >= 4 is 36.9 Å². The fourth-order valence-corrected chi connectivity index (χ4v) is 12.1. The molecule has 0 atom stereocenters. The van der Waals surface area contributed by atoms with Crippen molar-refractivity contribution < 1.29 is 43.9 Å². The monoisotopic (exact) mass is 614 g/mol. The van der Waals surface area contributed by atoms with Gasteiger partial charge in [0.15, 0.2) is 46.5 Å². The summed E-state index contributed by atoms with van der Waals surface area (Å²) in [4.78, 5) is 0. The topological polar surface area (TPSA) is 0 Å². The van der Waals surface area contributed by atoms with Crippen LogP contribution in [-0.4, -0.2) is 16.1 Å². The fourth-order valence-electron chi connectivity index (χ4n) is 5.98. The smallest absolute Gasteiger partial charge is 0.200 e. The molecular weight excluding hydrogens is 594 g/mol. The van der Waals surface area contributed by atoms with E-state index in [1.165, 1.54) is 26.2 Å². The van der Waals surface area contributed by atoms with Gasteiger partial charge in [-0.15, -0.1) is 0 Å². The minimum absolute atomic E-state index is 0.0503. The molecule has 0 amide bonds. The molecule has 0 aromatic heterocycles. The lowest BCUT2D eigenvalue weighted by molar-refractivity contribution is 0.383. The van der Waals surface area contributed by atoms with E-state index in [0.29, 0.717) is 32.6 Å². The molecule has 0 N–H and O–H groups in total. The number of fused-ring (bicyclic) bond motifs is 3. The van der Waals surface area contributed by atoms with Crippen LogP contribution in [0.2, 0.25) is 26.2 Å². The molecule has 0 unspecified atom stereocenters. The van der Waals surface area contributed by atoms with Crippen LogP contribution in [0.1, 0.15) is 11.1 Å². The molecule has 12 heteroatoms. The van der Waals surface area contributed by atoms with E-state index in [0.717, 1.165) is 0 Å². The average molecular weight is 615 g/mol. The van der Waals surface area contributed by atoms with Crippen LogP contribution in [0.25, 0.3) is 11.1 Å². The highest BCUT2D eigenvalue weighted by molar-refractivity contribution is 7.01. The molecule has 1 aliphatic rings. The van der Waals surface area contributed by atoms with Crippen molar-refractivity contribution in [1.29, 1.82) is 0 Å². The second-order valence-electron chi connectivity index (χ2n) is 11.0. The summed E-state index contributed by atoms with van der Waals surface area (Å²) in [5.41, 5.74) is 2.20. The Bertz CT molecular complexity index is 1590. The first kappa shape index (κ1) is 29.1. The Hall–Kier alpha value is -3.39. The molecule has 0 radical (unpaired) electrons. The molecule has 0 spiro atoms. The predicted molar refractivity (Wildman–Crippen MR) is 141 cm³/mol. The van der Waals surface area contributed by atoms with Gasteiger partial charge in [-0.05, 0) is 28.7 Å². The zero-order valence-electron chi connectivity index (χ0n) is 22.0. The molecule has 0 fully saturated rings. The summed E-state index contributed by atoms with van der Waals surface area (Å²) in [6.07, 6.45) is 0.0503. The SMILES string of the molecule is C[Si](C)(c1cccc2c1Cc1c-2cccc1[Si](C)(C)c1c(F)c(F)c(F)c(F)c1F)c1c(F)c(F)c(F)c(F)c1F. The fraction of sp³-hybridized carbons (Fsp3) is 0.172. The maximum atomic E-state index is 14.9. The number of rotatable bonds is 4. The van der Waals surface area contributed by atoms with E-state index in [4.69, 9.17) is 0 Å². The minimum Gasteiger partial charge on any atom is -0.204 e. The third kappa shape index (κ3) is 4.01. The Labute approximate surface area is 230 Å². The molecule has 1 aliphatic carbocycles. The highest BCUT2D eigenvalue weighted by Gasteiger charge is 2.43. The molecule has 0 heterocycles. The standard InChI is InChI=1S/C29H20F10Si2/c1-40(2,28-24(36)20(32)18(30)21(33)25(28)37)16-9-5-7-12-13-8-6-10-17(15(13)11-14(12)16)41(3,4)29-26(38)22(34)19(31)23(35)27(29)39/h5-10H,11H2,1-4H3. The Morgan fingerprint density at radius 3 is 0.976 bits per heavy atom. The lowest BCUT2D eigenvalue weighted by Gasteiger charge is -2.28. The number of halogens is 10. The van der Waals surface area contributed by atoms with E-state index < -0.39 is 84.7 Å². The lowest BCUT2D eigenvalue weighted by atomic mass is 10.1. The maximum absolute atomic E-state index is 14.9. The molecule has 0 saturated heterocycles. The Morgan fingerprint density at radius 1 is 0.415 bits per heavy atom. The van der Waals surface area contributed by atoms with Crippen LogP contribution in [-0.2, 0) is 6.42 Å². The number of benzene rings is 4. The van der Waals surface area contributed by atoms with Crippen molar-refractivity contribution in [3.8, 4) is 11.1 Å². The van der Waals surface area contributed by atoms with Crippen molar-refractivity contribution in [2.24, 2.45) is 0 Å². The number of hydrogen-bond acceptors (Lipinski definition) is 0. The van der Waals surface area contributed by atoms with Gasteiger partial charge >= 0.3 is 0 Å². The Kier molecular flexibility index (Phi) is 6.81. The molecule has 0 saturated carbocycles. The molecule has 214 valence electrons. The quantitative estimate of drug-likeness (QED) is 0.0966. The highest BCUT2D eigenvalue weighted by atomic mass is 28.3. The van der Waals surface area contributed by atoms with E-state index in [1.807, 2.05) is 0 Å². The molecule has 0 nitrogen and oxygen atoms in total. The summed E-state index contributed by atoms with van der Waals surface area (Å²) in [6, 6.07) is 9.60. The zero-order valence-corrected chi connectivity index (χ0v) is 24.0. The van der Waals surface area contributed by atoms with Crippen LogP contribution < -0.4 is 20.7 Å². The first-order valence-corrected chi connectivity index (χ1v) is 18.3. The number of hydrogen-bond donors (Lipinski definition) is 0. The molecule has 4 aromatic rings. The van der Waals surface area contributed by atoms with Crippen LogP contribution in [0.5, 0.6) is 0 Å². The highest BCUT2D eigenvalue weighted by Crippen LogP contribution is 2.37. The molecule has 0 aliphatic heterocycles. The van der Waals surface area contributed by atoms with E-state index in [-0.39, 0.29) is 6.42 Å². The largest absolute Gasteiger partial charge is 0.204 e. The summed E-state index contributed by atoms with van der Waals surface area (Å²) >= 11 is 0. The van der Waals surface area contributed by atoms with E-state index in [9.17, 15) is 43.9 Å². The molecule has 4 aromatic carbocycles. The first-order valence-electron chi connectivity index (χ1n) is 12.3. The molecule has 0 bridgehead atoms. The van der Waals surface area contributed by atoms with Gasteiger partial charge in [0.25, 0.3) is 0 Å². The van der Waals surface area contributed by atoms with Gasteiger partial charge in [0, 0.05) is 10.4 Å². The van der Waals surface area contributed by atoms with Gasteiger partial charge < -0.3 is 0 Å². The van der Waals surface area contributed by atoms with Crippen LogP contribution in [0.4, 0.5) is 43.9 Å². The van der Waals surface area contributed by atoms with Crippen LogP contribution in [0, 0.1) is 58.2 Å². The van der Waals surface area contributed by atoms with Gasteiger partial charge in [0.2, 0.25) is 11.6 Å². The van der Waals surface area contributed by atoms with Crippen molar-refractivity contribution in [3.63, 3.8) is 0 Å². The van der Waals surface area contributed by atoms with Crippen LogP contribution >= 0.6 is 0 Å². The van der Waals surface area contributed by atoms with Gasteiger partial charge in [-0.3, -0.25) is 0 Å². The summed E-state index contributed by atoms with van der Waals surface area (Å²) in [5, 5.41) is -1.05. The Balaban J connectivity index is 1.71. The van der Waals surface area contributed by atoms with Gasteiger partial charge in [0.05, 0.1) is 0 Å². The normalized spacial score (nSPS) is 13.0. The predicted octanol–water partition coefficient (Wildman–Crippen LogP) is 6.29. The molecule has 5 rings (SSSR count). The van der Waals surface area contributed by atoms with Gasteiger partial charge in [-0.2, -0.15) is 0 Å². The van der Waals surface area contributed by atoms with Crippen molar-refractivity contribution in [2.75, 3.05) is 0 Å². The maximum Gasteiger partial charge on any atom is 0.200 e. The van der Waals surface area contributed by atoms with Crippen LogP contribution in [0.15, 0.2) is 36.4 Å². The molecule has 41 heavy (non-hydrogen) atoms. The second-order valence-corrected chi connectivity index (χ2v) is 19.6. The van der Waals surface area contributed by atoms with Gasteiger partial charge in [-0.25, -0.2) is 43.9 Å². The summed E-state index contributed by atoms with van der Waals surface area (Å²) in [7, 11) is -7.28. The summed E-state index contributed by atoms with van der Waals surface area (Å²) < 4.78 is 144. The van der Waals surface area contributed by atoms with Crippen molar-refractivity contribution in [2.45, 2.75) is 32.6 Å². The lowest BCUT2D eigenvalue weighted by Crippen LogP contribution is -2.58. The minimum atomic E-state index is -3.64. The van der Waals surface area contributed by atoms with E-state index >= 15 is 0 Å².